The van der Waals surface area contributed by atoms with E-state index in [0.717, 1.165) is 25.0 Å². The number of nitrogens with zero attached hydrogens (tertiary/aromatic N) is 2. The van der Waals surface area contributed by atoms with Gasteiger partial charge in [0, 0.05) is 17.8 Å². The molecule has 7 nitrogen and oxygen atoms in total. The van der Waals surface area contributed by atoms with Crippen LogP contribution >= 0.6 is 0 Å². The van der Waals surface area contributed by atoms with Crippen molar-refractivity contribution in [3.05, 3.63) is 53.6 Å². The quantitative estimate of drug-likeness (QED) is 0.814. The molecule has 0 bridgehead atoms. The highest BCUT2D eigenvalue weighted by Crippen LogP contribution is 2.19. The summed E-state index contributed by atoms with van der Waals surface area (Å²) in [5.74, 6) is -0.170. The van der Waals surface area contributed by atoms with Crippen molar-refractivity contribution in [2.45, 2.75) is 43.7 Å². The minimum absolute atomic E-state index is 0.0551. The van der Waals surface area contributed by atoms with E-state index in [1.54, 1.807) is 6.20 Å². The number of amides is 1. The smallest absolute Gasteiger partial charge is 0.251 e. The molecule has 3 rings (SSSR count). The Bertz CT molecular complexity index is 844. The van der Waals surface area contributed by atoms with Crippen LogP contribution in [0.2, 0.25) is 0 Å². The predicted molar refractivity (Wildman–Crippen MR) is 92.3 cm³/mol. The van der Waals surface area contributed by atoms with Crippen molar-refractivity contribution in [1.29, 1.82) is 0 Å². The monoisotopic (exact) mass is 360 g/mol. The molecule has 0 unspecified atom stereocenters. The number of aryl methyl sites for hydroxylation is 1. The Labute approximate surface area is 146 Å². The standard InChI is InChI=1S/C17H20N4O3S/c1-12-9-19-15(10-18-12)11-20-25(23,24)16-7-5-13(6-8-16)17(22)21-14-3-2-4-14/h5-10,14,20H,2-4,11H2,1H3,(H,21,22). The molecule has 2 aromatic rings. The SMILES string of the molecule is Cc1cnc(CNS(=O)(=O)c2ccc(C(=O)NC3CCC3)cc2)cn1. The fraction of sp³-hybridized carbons (Fsp3) is 0.353. The first kappa shape index (κ1) is 17.5. The Balaban J connectivity index is 1.63. The third-order valence-corrected chi connectivity index (χ3v) is 5.56. The fourth-order valence-electron chi connectivity index (χ4n) is 2.37. The van der Waals surface area contributed by atoms with E-state index in [2.05, 4.69) is 20.0 Å². The second-order valence-electron chi connectivity index (χ2n) is 6.10. The number of benzene rings is 1. The van der Waals surface area contributed by atoms with Crippen molar-refractivity contribution in [2.24, 2.45) is 0 Å². The number of hydrogen-bond donors (Lipinski definition) is 2. The summed E-state index contributed by atoms with van der Waals surface area (Å²) >= 11 is 0. The summed E-state index contributed by atoms with van der Waals surface area (Å²) in [6.45, 7) is 1.86. The third kappa shape index (κ3) is 4.40. The third-order valence-electron chi connectivity index (χ3n) is 4.14. The van der Waals surface area contributed by atoms with Gasteiger partial charge in [-0.1, -0.05) is 0 Å². The molecule has 1 aromatic carbocycles. The molecule has 8 heteroatoms. The molecule has 1 saturated carbocycles. The van der Waals surface area contributed by atoms with E-state index >= 15 is 0 Å². The molecule has 1 heterocycles. The Hall–Kier alpha value is -2.32. The van der Waals surface area contributed by atoms with Gasteiger partial charge < -0.3 is 5.32 Å². The Morgan fingerprint density at radius 2 is 1.88 bits per heavy atom. The molecule has 1 aliphatic rings. The first-order chi connectivity index (χ1) is 11.9. The second-order valence-corrected chi connectivity index (χ2v) is 7.87. The van der Waals surface area contributed by atoms with E-state index in [0.29, 0.717) is 11.3 Å². The summed E-state index contributed by atoms with van der Waals surface area (Å²) < 4.78 is 27.1. The lowest BCUT2D eigenvalue weighted by Gasteiger charge is -2.26. The molecule has 25 heavy (non-hydrogen) atoms. The number of carbonyl (C=O) groups is 1. The fourth-order valence-corrected chi connectivity index (χ4v) is 3.37. The van der Waals surface area contributed by atoms with Gasteiger partial charge in [0.1, 0.15) is 0 Å². The average molecular weight is 360 g/mol. The van der Waals surface area contributed by atoms with Crippen LogP contribution in [0.5, 0.6) is 0 Å². The number of hydrogen-bond acceptors (Lipinski definition) is 5. The highest BCUT2D eigenvalue weighted by molar-refractivity contribution is 7.89. The molecule has 0 spiro atoms. The van der Waals surface area contributed by atoms with E-state index in [1.807, 2.05) is 6.92 Å². The molecule has 1 aliphatic carbocycles. The Morgan fingerprint density at radius 3 is 2.44 bits per heavy atom. The van der Waals surface area contributed by atoms with Crippen LogP contribution in [0.15, 0.2) is 41.6 Å². The summed E-state index contributed by atoms with van der Waals surface area (Å²) in [5, 5.41) is 2.92. The zero-order chi connectivity index (χ0) is 17.9. The summed E-state index contributed by atoms with van der Waals surface area (Å²) in [6.07, 6.45) is 6.26. The Morgan fingerprint density at radius 1 is 1.16 bits per heavy atom. The van der Waals surface area contributed by atoms with Crippen LogP contribution in [0, 0.1) is 6.92 Å². The molecular formula is C17H20N4O3S. The van der Waals surface area contributed by atoms with Gasteiger partial charge in [0.15, 0.2) is 0 Å². The van der Waals surface area contributed by atoms with Crippen LogP contribution in [-0.4, -0.2) is 30.3 Å². The van der Waals surface area contributed by atoms with Gasteiger partial charge >= 0.3 is 0 Å². The number of carbonyl (C=O) groups excluding carboxylic acids is 1. The molecule has 1 amide bonds. The highest BCUT2D eigenvalue weighted by Gasteiger charge is 2.20. The van der Waals surface area contributed by atoms with Crippen molar-refractivity contribution < 1.29 is 13.2 Å². The van der Waals surface area contributed by atoms with Crippen LogP contribution in [0.4, 0.5) is 0 Å². The van der Waals surface area contributed by atoms with Crippen molar-refractivity contribution in [3.8, 4) is 0 Å². The lowest BCUT2D eigenvalue weighted by molar-refractivity contribution is 0.0917. The van der Waals surface area contributed by atoms with Crippen molar-refractivity contribution in [1.82, 2.24) is 20.0 Å². The molecular weight excluding hydrogens is 340 g/mol. The average Bonchev–Trinajstić information content (AvgIpc) is 2.57. The summed E-state index contributed by atoms with van der Waals surface area (Å²) in [4.78, 5) is 20.3. The summed E-state index contributed by atoms with van der Waals surface area (Å²) in [5.41, 5.74) is 1.75. The van der Waals surface area contributed by atoms with Gasteiger partial charge in [-0.05, 0) is 50.5 Å². The number of sulfonamides is 1. The Kier molecular flexibility index (Phi) is 5.10. The normalized spacial score (nSPS) is 14.8. The minimum Gasteiger partial charge on any atom is -0.349 e. The molecule has 0 aliphatic heterocycles. The summed E-state index contributed by atoms with van der Waals surface area (Å²) in [7, 11) is -3.68. The second kappa shape index (κ2) is 7.28. The van der Waals surface area contributed by atoms with Crippen LogP contribution in [0.25, 0.3) is 0 Å². The van der Waals surface area contributed by atoms with E-state index in [-0.39, 0.29) is 23.4 Å². The zero-order valence-electron chi connectivity index (χ0n) is 13.9. The van der Waals surface area contributed by atoms with Gasteiger partial charge in [0.05, 0.1) is 29.0 Å². The van der Waals surface area contributed by atoms with Crippen LogP contribution < -0.4 is 10.0 Å². The zero-order valence-corrected chi connectivity index (χ0v) is 14.7. The maximum atomic E-state index is 12.3. The maximum absolute atomic E-state index is 12.3. The molecule has 0 saturated heterocycles. The van der Waals surface area contributed by atoms with Gasteiger partial charge in [0.2, 0.25) is 10.0 Å². The van der Waals surface area contributed by atoms with Crippen LogP contribution in [-0.2, 0) is 16.6 Å². The number of aromatic nitrogens is 2. The van der Waals surface area contributed by atoms with E-state index in [4.69, 9.17) is 0 Å². The minimum atomic E-state index is -3.68. The largest absolute Gasteiger partial charge is 0.349 e. The number of nitrogens with one attached hydrogen (secondary N) is 2. The van der Waals surface area contributed by atoms with Crippen molar-refractivity contribution >= 4 is 15.9 Å². The lowest BCUT2D eigenvalue weighted by atomic mass is 9.93. The topological polar surface area (TPSA) is 101 Å². The predicted octanol–water partition coefficient (Wildman–Crippen LogP) is 1.55. The lowest BCUT2D eigenvalue weighted by Crippen LogP contribution is -2.39. The van der Waals surface area contributed by atoms with Gasteiger partial charge in [-0.15, -0.1) is 0 Å². The first-order valence-corrected chi connectivity index (χ1v) is 9.60. The molecule has 0 radical (unpaired) electrons. The highest BCUT2D eigenvalue weighted by atomic mass is 32.2. The van der Waals surface area contributed by atoms with Gasteiger partial charge in [-0.2, -0.15) is 0 Å². The first-order valence-electron chi connectivity index (χ1n) is 8.12. The van der Waals surface area contributed by atoms with E-state index in [1.165, 1.54) is 30.5 Å². The molecule has 2 N–H and O–H groups in total. The molecule has 132 valence electrons. The number of rotatable bonds is 6. The van der Waals surface area contributed by atoms with E-state index < -0.39 is 10.0 Å². The maximum Gasteiger partial charge on any atom is 0.251 e. The van der Waals surface area contributed by atoms with Gasteiger partial charge in [-0.3, -0.25) is 14.8 Å². The molecule has 1 fully saturated rings. The molecule has 1 aromatic heterocycles. The van der Waals surface area contributed by atoms with E-state index in [9.17, 15) is 13.2 Å². The van der Waals surface area contributed by atoms with Gasteiger partial charge in [-0.25, -0.2) is 13.1 Å². The van der Waals surface area contributed by atoms with Crippen LogP contribution in [0.3, 0.4) is 0 Å². The van der Waals surface area contributed by atoms with Crippen molar-refractivity contribution in [3.63, 3.8) is 0 Å². The van der Waals surface area contributed by atoms with Crippen molar-refractivity contribution in [2.75, 3.05) is 0 Å². The van der Waals surface area contributed by atoms with Gasteiger partial charge in [0.25, 0.3) is 5.91 Å². The summed E-state index contributed by atoms with van der Waals surface area (Å²) in [6, 6.07) is 6.15. The molecule has 0 atom stereocenters. The van der Waals surface area contributed by atoms with Crippen LogP contribution in [0.1, 0.15) is 41.0 Å².